The number of para-hydroxylation sites is 1. The Morgan fingerprint density at radius 2 is 1.67 bits per heavy atom. The maximum Gasteiger partial charge on any atom is 0.254 e. The van der Waals surface area contributed by atoms with Gasteiger partial charge in [0.25, 0.3) is 5.91 Å². The predicted molar refractivity (Wildman–Crippen MR) is 179 cm³/mol. The quantitative estimate of drug-likeness (QED) is 0.166. The summed E-state index contributed by atoms with van der Waals surface area (Å²) in [6.45, 7) is 3.99. The number of hydrogen-bond donors (Lipinski definition) is 2. The number of hydrogen-bond acceptors (Lipinski definition) is 3. The van der Waals surface area contributed by atoms with E-state index in [1.54, 1.807) is 23.1 Å². The summed E-state index contributed by atoms with van der Waals surface area (Å²) < 4.78 is 13.9. The number of amides is 3. The number of nitrogens with zero attached hydrogens (tertiary/aromatic N) is 1. The van der Waals surface area contributed by atoms with Crippen LogP contribution < -0.4 is 16.0 Å². The molecular formula is C38H35ClFN3O3. The van der Waals surface area contributed by atoms with Gasteiger partial charge in [-0.05, 0) is 70.8 Å². The number of benzene rings is 4. The zero-order valence-electron chi connectivity index (χ0n) is 25.3. The van der Waals surface area contributed by atoms with E-state index in [0.717, 1.165) is 40.7 Å². The van der Waals surface area contributed by atoms with Crippen LogP contribution in [0.5, 0.6) is 0 Å². The normalized spacial score (nSPS) is 16.9. The van der Waals surface area contributed by atoms with Crippen LogP contribution in [0.2, 0.25) is 5.02 Å². The van der Waals surface area contributed by atoms with E-state index in [-0.39, 0.29) is 29.8 Å². The average molecular weight is 636 g/mol. The van der Waals surface area contributed by atoms with Crippen molar-refractivity contribution in [1.29, 1.82) is 0 Å². The summed E-state index contributed by atoms with van der Waals surface area (Å²) in [5.74, 6) is -2.76. The Balaban J connectivity index is 1.38. The Labute approximate surface area is 273 Å². The van der Waals surface area contributed by atoms with E-state index in [1.807, 2.05) is 72.8 Å². The molecule has 0 saturated heterocycles. The van der Waals surface area contributed by atoms with Gasteiger partial charge in [0.05, 0.1) is 29.1 Å². The predicted octanol–water partition coefficient (Wildman–Crippen LogP) is 7.61. The molecule has 1 heterocycles. The highest BCUT2D eigenvalue weighted by molar-refractivity contribution is 6.31. The number of carbonyl (C=O) groups is 3. The van der Waals surface area contributed by atoms with Crippen molar-refractivity contribution in [2.24, 2.45) is 23.5 Å². The van der Waals surface area contributed by atoms with E-state index >= 15 is 0 Å². The van der Waals surface area contributed by atoms with Crippen molar-refractivity contribution < 1.29 is 18.8 Å². The molecule has 3 atom stereocenters. The Morgan fingerprint density at radius 1 is 0.957 bits per heavy atom. The van der Waals surface area contributed by atoms with Crippen LogP contribution in [0.3, 0.4) is 0 Å². The average Bonchev–Trinajstić information content (AvgIpc) is 3.90. The molecule has 0 aromatic heterocycles. The van der Waals surface area contributed by atoms with Crippen molar-refractivity contribution in [3.8, 4) is 22.3 Å². The molecule has 46 heavy (non-hydrogen) atoms. The lowest BCUT2D eigenvalue weighted by Gasteiger charge is -2.29. The lowest BCUT2D eigenvalue weighted by Crippen LogP contribution is -2.46. The largest absolute Gasteiger partial charge is 0.369 e. The first-order chi connectivity index (χ1) is 22.2. The van der Waals surface area contributed by atoms with Gasteiger partial charge in [-0.3, -0.25) is 14.4 Å². The van der Waals surface area contributed by atoms with Crippen molar-refractivity contribution in [1.82, 2.24) is 5.32 Å². The summed E-state index contributed by atoms with van der Waals surface area (Å²) >= 11 is 6.07. The minimum absolute atomic E-state index is 0.0301. The van der Waals surface area contributed by atoms with Gasteiger partial charge < -0.3 is 16.0 Å². The number of primary amides is 1. The van der Waals surface area contributed by atoms with Crippen LogP contribution in [0.25, 0.3) is 22.3 Å². The second-order valence-corrected chi connectivity index (χ2v) is 12.5. The summed E-state index contributed by atoms with van der Waals surface area (Å²) in [5.41, 5.74) is 11.3. The summed E-state index contributed by atoms with van der Waals surface area (Å²) in [6, 6.07) is 26.5. The highest BCUT2D eigenvalue weighted by Gasteiger charge is 2.40. The van der Waals surface area contributed by atoms with E-state index in [0.29, 0.717) is 23.6 Å². The highest BCUT2D eigenvalue weighted by Crippen LogP contribution is 2.42. The first kappa shape index (κ1) is 31.2. The maximum atomic E-state index is 14.7. The summed E-state index contributed by atoms with van der Waals surface area (Å²) in [7, 11) is 0. The fourth-order valence-corrected chi connectivity index (χ4v) is 6.60. The zero-order chi connectivity index (χ0) is 32.4. The van der Waals surface area contributed by atoms with Gasteiger partial charge in [0.2, 0.25) is 11.8 Å². The van der Waals surface area contributed by atoms with E-state index in [2.05, 4.69) is 11.9 Å². The zero-order valence-corrected chi connectivity index (χ0v) is 26.1. The molecular weight excluding hydrogens is 601 g/mol. The number of fused-ring (bicyclic) bond motifs is 3. The van der Waals surface area contributed by atoms with Crippen LogP contribution >= 0.6 is 11.6 Å². The number of allylic oxidation sites excluding steroid dienone is 1. The van der Waals surface area contributed by atoms with E-state index in [4.69, 9.17) is 17.3 Å². The number of nitrogens with two attached hydrogens (primary N) is 1. The Kier molecular flexibility index (Phi) is 9.04. The monoisotopic (exact) mass is 635 g/mol. The van der Waals surface area contributed by atoms with Crippen LogP contribution in [0.1, 0.15) is 42.9 Å². The number of anilines is 1. The molecule has 0 bridgehead atoms. The van der Waals surface area contributed by atoms with Gasteiger partial charge in [0.15, 0.2) is 0 Å². The molecule has 1 fully saturated rings. The molecule has 0 radical (unpaired) electrons. The van der Waals surface area contributed by atoms with Gasteiger partial charge in [-0.15, -0.1) is 6.58 Å². The van der Waals surface area contributed by atoms with Crippen LogP contribution in [0.4, 0.5) is 10.1 Å². The van der Waals surface area contributed by atoms with Crippen molar-refractivity contribution in [2.45, 2.75) is 38.3 Å². The molecule has 3 unspecified atom stereocenters. The van der Waals surface area contributed by atoms with Gasteiger partial charge in [0, 0.05) is 5.56 Å². The molecule has 6 rings (SSSR count). The van der Waals surface area contributed by atoms with Crippen LogP contribution in [0, 0.1) is 23.6 Å². The van der Waals surface area contributed by atoms with Gasteiger partial charge >= 0.3 is 0 Å². The topological polar surface area (TPSA) is 92.5 Å². The minimum atomic E-state index is -1.01. The Morgan fingerprint density at radius 3 is 2.39 bits per heavy atom. The first-order valence-corrected chi connectivity index (χ1v) is 15.9. The third-order valence-corrected chi connectivity index (χ3v) is 9.26. The summed E-state index contributed by atoms with van der Waals surface area (Å²) in [5, 5.41) is 3.10. The molecule has 1 aliphatic heterocycles. The molecule has 8 heteroatoms. The second-order valence-electron chi connectivity index (χ2n) is 12.1. The van der Waals surface area contributed by atoms with E-state index in [1.165, 1.54) is 6.07 Å². The molecule has 3 N–H and O–H groups in total. The summed E-state index contributed by atoms with van der Waals surface area (Å²) in [4.78, 5) is 43.0. The minimum Gasteiger partial charge on any atom is -0.369 e. The van der Waals surface area contributed by atoms with Crippen LogP contribution in [-0.2, 0) is 20.9 Å². The number of nitrogens with one attached hydrogen (secondary N) is 1. The molecule has 4 aromatic rings. The standard InChI is InChI=1S/C38H35ClFN3O3/c1-2-8-30(36(41)44)31(20-23-15-16-23)37(45)42-35-29-13-4-3-11-27(29)28-12-5-6-14-34(28)43(38(35)46)22-24-9-7-10-25(19-24)26-17-18-33(40)32(39)21-26/h2-7,9-14,17-19,21,23,30-31,35H,1,8,15-16,20,22H2,(H2,41,44)(H,42,45). The molecule has 1 aliphatic carbocycles. The molecule has 0 spiro atoms. The van der Waals surface area contributed by atoms with Crippen molar-refractivity contribution in [3.63, 3.8) is 0 Å². The lowest BCUT2D eigenvalue weighted by molar-refractivity contribution is -0.135. The Bertz CT molecular complexity index is 1820. The maximum absolute atomic E-state index is 14.7. The molecule has 4 aromatic carbocycles. The molecule has 6 nitrogen and oxygen atoms in total. The lowest BCUT2D eigenvalue weighted by atomic mass is 9.83. The number of halogens is 2. The molecule has 2 aliphatic rings. The smallest absolute Gasteiger partial charge is 0.254 e. The van der Waals surface area contributed by atoms with E-state index < -0.39 is 29.6 Å². The number of carbonyl (C=O) groups excluding carboxylic acids is 3. The van der Waals surface area contributed by atoms with Gasteiger partial charge in [-0.25, -0.2) is 4.39 Å². The highest BCUT2D eigenvalue weighted by atomic mass is 35.5. The van der Waals surface area contributed by atoms with Crippen molar-refractivity contribution in [2.75, 3.05) is 4.90 Å². The first-order valence-electron chi connectivity index (χ1n) is 15.5. The third-order valence-electron chi connectivity index (χ3n) is 8.97. The number of rotatable bonds is 11. The van der Waals surface area contributed by atoms with E-state index in [9.17, 15) is 18.8 Å². The summed E-state index contributed by atoms with van der Waals surface area (Å²) in [6.07, 6.45) is 4.42. The third kappa shape index (κ3) is 6.46. The fraction of sp³-hybridized carbons (Fsp3) is 0.237. The van der Waals surface area contributed by atoms with Crippen LogP contribution in [-0.4, -0.2) is 17.7 Å². The van der Waals surface area contributed by atoms with Crippen LogP contribution in [0.15, 0.2) is 104 Å². The molecule has 234 valence electrons. The second kappa shape index (κ2) is 13.3. The SMILES string of the molecule is C=CCC(C(N)=O)C(CC1CC1)C(=O)NC1C(=O)N(Cc2cccc(-c3ccc(F)c(Cl)c3)c2)c2ccccc2-c2ccccc21. The fourth-order valence-electron chi connectivity index (χ4n) is 6.42. The van der Waals surface area contributed by atoms with Crippen molar-refractivity contribution >= 4 is 35.0 Å². The molecule has 3 amide bonds. The van der Waals surface area contributed by atoms with Gasteiger partial charge in [0.1, 0.15) is 11.9 Å². The molecule has 1 saturated carbocycles. The Hall–Kier alpha value is -4.75. The van der Waals surface area contributed by atoms with Gasteiger partial charge in [-0.1, -0.05) is 97.2 Å². The van der Waals surface area contributed by atoms with Crippen molar-refractivity contribution in [3.05, 3.63) is 126 Å². The van der Waals surface area contributed by atoms with Gasteiger partial charge in [-0.2, -0.15) is 0 Å².